The van der Waals surface area contributed by atoms with Gasteiger partial charge in [0.15, 0.2) is 0 Å². The molecule has 0 bridgehead atoms. The minimum absolute atomic E-state index is 0.0361. The molecule has 0 aliphatic carbocycles. The molecule has 2 atom stereocenters. The van der Waals surface area contributed by atoms with Crippen LogP contribution in [0.25, 0.3) is 0 Å². The predicted molar refractivity (Wildman–Crippen MR) is 67.8 cm³/mol. The van der Waals surface area contributed by atoms with Crippen molar-refractivity contribution in [3.05, 3.63) is 0 Å². The van der Waals surface area contributed by atoms with E-state index in [-0.39, 0.29) is 30.3 Å². The summed E-state index contributed by atoms with van der Waals surface area (Å²) in [4.78, 5) is 27.1. The van der Waals surface area contributed by atoms with Crippen molar-refractivity contribution in [1.29, 1.82) is 0 Å². The summed E-state index contributed by atoms with van der Waals surface area (Å²) in [5.41, 5.74) is 5.69. The Morgan fingerprint density at radius 1 is 1.33 bits per heavy atom. The summed E-state index contributed by atoms with van der Waals surface area (Å²) in [7, 11) is 1.64. The number of carbonyl (C=O) groups excluding carboxylic acids is 2. The molecule has 104 valence electrons. The fraction of sp³-hybridized carbons (Fsp3) is 0.833. The zero-order valence-electron chi connectivity index (χ0n) is 11.4. The number of ether oxygens (including phenoxy) is 1. The smallest absolute Gasteiger partial charge is 0.242 e. The Morgan fingerprint density at radius 2 is 1.89 bits per heavy atom. The number of nitrogens with zero attached hydrogens (tertiary/aromatic N) is 2. The highest BCUT2D eigenvalue weighted by molar-refractivity contribution is 5.86. The van der Waals surface area contributed by atoms with Crippen molar-refractivity contribution in [1.82, 2.24) is 9.80 Å². The van der Waals surface area contributed by atoms with Crippen LogP contribution >= 0.6 is 0 Å². The molecule has 1 fully saturated rings. The third-order valence-electron chi connectivity index (χ3n) is 3.29. The first-order valence-electron chi connectivity index (χ1n) is 6.29. The highest BCUT2D eigenvalue weighted by Crippen LogP contribution is 2.06. The third kappa shape index (κ3) is 3.96. The number of morpholine rings is 1. The van der Waals surface area contributed by atoms with Crippen LogP contribution in [-0.2, 0) is 14.3 Å². The van der Waals surface area contributed by atoms with Crippen LogP contribution in [0.2, 0.25) is 0 Å². The molecule has 0 aromatic rings. The second-order valence-corrected chi connectivity index (χ2v) is 4.84. The lowest BCUT2D eigenvalue weighted by Gasteiger charge is -2.29. The Bertz CT molecular complexity index is 301. The molecule has 6 nitrogen and oxygen atoms in total. The van der Waals surface area contributed by atoms with Crippen LogP contribution in [0.5, 0.6) is 0 Å². The van der Waals surface area contributed by atoms with Crippen LogP contribution in [0.15, 0.2) is 0 Å². The van der Waals surface area contributed by atoms with Gasteiger partial charge in [-0.1, -0.05) is 6.92 Å². The molecule has 1 saturated heterocycles. The first-order chi connectivity index (χ1) is 8.43. The number of amides is 2. The Kier molecular flexibility index (Phi) is 5.55. The van der Waals surface area contributed by atoms with Gasteiger partial charge in [0.2, 0.25) is 11.8 Å². The Labute approximate surface area is 108 Å². The van der Waals surface area contributed by atoms with Crippen LogP contribution in [-0.4, -0.2) is 67.6 Å². The van der Waals surface area contributed by atoms with E-state index in [2.05, 4.69) is 0 Å². The topological polar surface area (TPSA) is 75.9 Å². The van der Waals surface area contributed by atoms with E-state index in [0.29, 0.717) is 26.3 Å². The molecule has 0 radical (unpaired) electrons. The van der Waals surface area contributed by atoms with Gasteiger partial charge >= 0.3 is 0 Å². The van der Waals surface area contributed by atoms with Crippen LogP contribution in [0, 0.1) is 5.92 Å². The number of likely N-dealkylation sites (N-methyl/N-ethyl adjacent to an activating group) is 1. The fourth-order valence-electron chi connectivity index (χ4n) is 1.77. The van der Waals surface area contributed by atoms with Gasteiger partial charge in [0.05, 0.1) is 25.7 Å². The molecule has 1 heterocycles. The number of hydrogen-bond donors (Lipinski definition) is 1. The molecule has 2 unspecified atom stereocenters. The maximum atomic E-state index is 12.0. The van der Waals surface area contributed by atoms with E-state index in [0.717, 1.165) is 0 Å². The first-order valence-corrected chi connectivity index (χ1v) is 6.29. The van der Waals surface area contributed by atoms with Gasteiger partial charge < -0.3 is 20.3 Å². The summed E-state index contributed by atoms with van der Waals surface area (Å²) in [6, 6.07) is -0.210. The predicted octanol–water partition coefficient (Wildman–Crippen LogP) is -0.713. The normalized spacial score (nSPS) is 19.2. The number of rotatable bonds is 4. The third-order valence-corrected chi connectivity index (χ3v) is 3.29. The number of hydrogen-bond acceptors (Lipinski definition) is 4. The lowest BCUT2D eigenvalue weighted by Crippen LogP contribution is -2.48. The number of nitrogens with two attached hydrogens (primary N) is 1. The molecular weight excluding hydrogens is 234 g/mol. The molecule has 2 amide bonds. The molecule has 0 saturated carbocycles. The summed E-state index contributed by atoms with van der Waals surface area (Å²) in [5, 5.41) is 0. The summed E-state index contributed by atoms with van der Waals surface area (Å²) in [6.45, 7) is 6.02. The number of carbonyl (C=O) groups is 2. The molecular formula is C12H23N3O3. The minimum atomic E-state index is -0.271. The molecule has 1 aliphatic rings. The zero-order valence-corrected chi connectivity index (χ0v) is 11.4. The molecule has 0 aromatic heterocycles. The van der Waals surface area contributed by atoms with Crippen LogP contribution in [0.3, 0.4) is 0 Å². The second-order valence-electron chi connectivity index (χ2n) is 4.84. The largest absolute Gasteiger partial charge is 0.378 e. The van der Waals surface area contributed by atoms with Crippen molar-refractivity contribution in [2.24, 2.45) is 11.7 Å². The SMILES string of the molecule is CC(N)C(C)C(=O)N(C)CC(=O)N1CCOCC1. The van der Waals surface area contributed by atoms with Crippen molar-refractivity contribution in [3.8, 4) is 0 Å². The van der Waals surface area contributed by atoms with Crippen LogP contribution in [0.1, 0.15) is 13.8 Å². The summed E-state index contributed by atoms with van der Waals surface area (Å²) >= 11 is 0. The quantitative estimate of drug-likeness (QED) is 0.721. The highest BCUT2D eigenvalue weighted by Gasteiger charge is 2.24. The van der Waals surface area contributed by atoms with Gasteiger partial charge in [0.1, 0.15) is 0 Å². The minimum Gasteiger partial charge on any atom is -0.378 e. The van der Waals surface area contributed by atoms with E-state index < -0.39 is 0 Å². The first kappa shape index (κ1) is 14.9. The van der Waals surface area contributed by atoms with Crippen LogP contribution < -0.4 is 5.73 Å². The standard InChI is InChI=1S/C12H23N3O3/c1-9(10(2)13)12(17)14(3)8-11(16)15-4-6-18-7-5-15/h9-10H,4-8,13H2,1-3H3. The molecule has 0 spiro atoms. The van der Waals surface area contributed by atoms with Crippen LogP contribution in [0.4, 0.5) is 0 Å². The van der Waals surface area contributed by atoms with Crippen molar-refractivity contribution in [2.75, 3.05) is 39.9 Å². The molecule has 0 aromatic carbocycles. The van der Waals surface area contributed by atoms with E-state index in [1.165, 1.54) is 4.90 Å². The summed E-state index contributed by atoms with van der Waals surface area (Å²) < 4.78 is 5.18. The zero-order chi connectivity index (χ0) is 13.7. The molecule has 1 rings (SSSR count). The van der Waals surface area contributed by atoms with Gasteiger partial charge in [0.25, 0.3) is 0 Å². The Morgan fingerprint density at radius 3 is 2.39 bits per heavy atom. The molecule has 2 N–H and O–H groups in total. The molecule has 18 heavy (non-hydrogen) atoms. The van der Waals surface area contributed by atoms with Crippen molar-refractivity contribution in [2.45, 2.75) is 19.9 Å². The van der Waals surface area contributed by atoms with Crippen molar-refractivity contribution < 1.29 is 14.3 Å². The molecule has 6 heteroatoms. The van der Waals surface area contributed by atoms with E-state index in [1.807, 2.05) is 0 Å². The fourth-order valence-corrected chi connectivity index (χ4v) is 1.77. The summed E-state index contributed by atoms with van der Waals surface area (Å²) in [6.07, 6.45) is 0. The maximum Gasteiger partial charge on any atom is 0.242 e. The van der Waals surface area contributed by atoms with Gasteiger partial charge in [-0.25, -0.2) is 0 Å². The van der Waals surface area contributed by atoms with E-state index >= 15 is 0 Å². The monoisotopic (exact) mass is 257 g/mol. The highest BCUT2D eigenvalue weighted by atomic mass is 16.5. The van der Waals surface area contributed by atoms with Crippen molar-refractivity contribution >= 4 is 11.8 Å². The van der Waals surface area contributed by atoms with Gasteiger partial charge in [0, 0.05) is 26.2 Å². The van der Waals surface area contributed by atoms with Crippen molar-refractivity contribution in [3.63, 3.8) is 0 Å². The second kappa shape index (κ2) is 6.70. The Balaban J connectivity index is 2.45. The van der Waals surface area contributed by atoms with Gasteiger partial charge in [-0.2, -0.15) is 0 Å². The maximum absolute atomic E-state index is 12.0. The van der Waals surface area contributed by atoms with Gasteiger partial charge in [-0.05, 0) is 6.92 Å². The van der Waals surface area contributed by atoms with E-state index in [1.54, 1.807) is 25.8 Å². The Hall–Kier alpha value is -1.14. The average molecular weight is 257 g/mol. The van der Waals surface area contributed by atoms with Gasteiger partial charge in [-0.15, -0.1) is 0 Å². The lowest BCUT2D eigenvalue weighted by molar-refractivity contribution is -0.143. The molecule has 1 aliphatic heterocycles. The summed E-state index contributed by atoms with van der Waals surface area (Å²) in [5.74, 6) is -0.398. The average Bonchev–Trinajstić information content (AvgIpc) is 2.37. The van der Waals surface area contributed by atoms with E-state index in [9.17, 15) is 9.59 Å². The lowest BCUT2D eigenvalue weighted by atomic mass is 10.0. The van der Waals surface area contributed by atoms with E-state index in [4.69, 9.17) is 10.5 Å². The van der Waals surface area contributed by atoms with Gasteiger partial charge in [-0.3, -0.25) is 9.59 Å².